The van der Waals surface area contributed by atoms with E-state index in [2.05, 4.69) is 69.1 Å². The van der Waals surface area contributed by atoms with Gasteiger partial charge >= 0.3 is 0 Å². The number of benzene rings is 2. The number of rotatable bonds is 5. The lowest BCUT2D eigenvalue weighted by Crippen LogP contribution is -2.51. The first-order chi connectivity index (χ1) is 13.6. The molecule has 0 radical (unpaired) electrons. The maximum Gasteiger partial charge on any atom is 0.269 e. The molecule has 0 unspecified atom stereocenters. The van der Waals surface area contributed by atoms with E-state index < -0.39 is 4.92 Å². The van der Waals surface area contributed by atoms with Gasteiger partial charge in [-0.2, -0.15) is 5.10 Å². The zero-order valence-corrected chi connectivity index (χ0v) is 18.1. The summed E-state index contributed by atoms with van der Waals surface area (Å²) < 4.78 is 0. The Kier molecular flexibility index (Phi) is 5.64. The van der Waals surface area contributed by atoms with E-state index in [1.54, 1.807) is 12.1 Å². The molecular formula is C23H30N4O2. The number of aryl methyl sites for hydroxylation is 1. The molecule has 6 nitrogen and oxygen atoms in total. The number of nitrogens with one attached hydrogen (secondary N) is 1. The van der Waals surface area contributed by atoms with Crippen molar-refractivity contribution in [3.8, 4) is 0 Å². The third kappa shape index (κ3) is 4.26. The van der Waals surface area contributed by atoms with Crippen molar-refractivity contribution < 1.29 is 4.92 Å². The SMILES string of the molecule is Cc1cc2c(cc1/C=N\Nc1ccc([N+](=O)[O-])cc1)[C@@H](C)CC(C)(C)N2C(C)C. The van der Waals surface area contributed by atoms with Gasteiger partial charge in [-0.05, 0) is 87.9 Å². The molecule has 0 saturated carbocycles. The maximum atomic E-state index is 10.8. The van der Waals surface area contributed by atoms with Crippen LogP contribution in [0.1, 0.15) is 63.6 Å². The van der Waals surface area contributed by atoms with Gasteiger partial charge in [0.05, 0.1) is 16.8 Å². The van der Waals surface area contributed by atoms with Crippen molar-refractivity contribution >= 4 is 23.3 Å². The second-order valence-corrected chi connectivity index (χ2v) is 8.82. The van der Waals surface area contributed by atoms with Crippen molar-refractivity contribution in [2.24, 2.45) is 5.10 Å². The van der Waals surface area contributed by atoms with Gasteiger partial charge in [-0.3, -0.25) is 15.5 Å². The van der Waals surface area contributed by atoms with Crippen molar-refractivity contribution in [1.29, 1.82) is 0 Å². The molecule has 3 rings (SSSR count). The average molecular weight is 395 g/mol. The number of hydrogen-bond donors (Lipinski definition) is 1. The van der Waals surface area contributed by atoms with Crippen LogP contribution >= 0.6 is 0 Å². The highest BCUT2D eigenvalue weighted by Crippen LogP contribution is 2.45. The molecule has 1 heterocycles. The molecule has 2 aromatic carbocycles. The van der Waals surface area contributed by atoms with E-state index >= 15 is 0 Å². The van der Waals surface area contributed by atoms with Crippen LogP contribution in [0.4, 0.5) is 17.1 Å². The first-order valence-corrected chi connectivity index (χ1v) is 10.1. The Morgan fingerprint density at radius 2 is 1.93 bits per heavy atom. The number of anilines is 2. The highest BCUT2D eigenvalue weighted by Gasteiger charge is 2.37. The van der Waals surface area contributed by atoms with Crippen LogP contribution in [0.3, 0.4) is 0 Å². The Morgan fingerprint density at radius 3 is 2.52 bits per heavy atom. The Morgan fingerprint density at radius 1 is 1.28 bits per heavy atom. The van der Waals surface area contributed by atoms with Crippen LogP contribution in [0.2, 0.25) is 0 Å². The summed E-state index contributed by atoms with van der Waals surface area (Å²) in [5, 5.41) is 15.1. The molecule has 0 bridgehead atoms. The lowest BCUT2D eigenvalue weighted by Gasteiger charge is -2.50. The third-order valence-electron chi connectivity index (χ3n) is 5.66. The predicted octanol–water partition coefficient (Wildman–Crippen LogP) is 5.85. The van der Waals surface area contributed by atoms with Gasteiger partial charge < -0.3 is 4.90 Å². The molecule has 1 aliphatic heterocycles. The fourth-order valence-corrected chi connectivity index (χ4v) is 4.56. The fraction of sp³-hybridized carbons (Fsp3) is 0.435. The van der Waals surface area contributed by atoms with Crippen molar-refractivity contribution in [2.45, 2.75) is 65.5 Å². The molecule has 0 aliphatic carbocycles. The van der Waals surface area contributed by atoms with Gasteiger partial charge in [-0.15, -0.1) is 0 Å². The number of nitro groups is 1. The molecule has 1 N–H and O–H groups in total. The molecule has 29 heavy (non-hydrogen) atoms. The first-order valence-electron chi connectivity index (χ1n) is 10.1. The van der Waals surface area contributed by atoms with E-state index in [0.717, 1.165) is 12.0 Å². The zero-order chi connectivity index (χ0) is 21.3. The van der Waals surface area contributed by atoms with Crippen molar-refractivity contribution in [3.63, 3.8) is 0 Å². The van der Waals surface area contributed by atoms with Crippen LogP contribution in [0, 0.1) is 17.0 Å². The van der Waals surface area contributed by atoms with Crippen LogP contribution in [-0.2, 0) is 0 Å². The van der Waals surface area contributed by atoms with E-state index in [9.17, 15) is 10.1 Å². The average Bonchev–Trinajstić information content (AvgIpc) is 2.62. The molecular weight excluding hydrogens is 364 g/mol. The Labute approximate surface area is 172 Å². The molecule has 0 saturated heterocycles. The van der Waals surface area contributed by atoms with Gasteiger partial charge in [-0.25, -0.2) is 0 Å². The normalized spacial score (nSPS) is 18.2. The summed E-state index contributed by atoms with van der Waals surface area (Å²) in [6, 6.07) is 11.2. The van der Waals surface area contributed by atoms with Crippen LogP contribution in [-0.4, -0.2) is 22.7 Å². The summed E-state index contributed by atoms with van der Waals surface area (Å²) >= 11 is 0. The fourth-order valence-electron chi connectivity index (χ4n) is 4.56. The molecule has 0 amide bonds. The number of non-ortho nitro benzene ring substituents is 1. The molecule has 0 fully saturated rings. The van der Waals surface area contributed by atoms with Crippen LogP contribution < -0.4 is 10.3 Å². The molecule has 1 atom stereocenters. The van der Waals surface area contributed by atoms with Crippen molar-refractivity contribution in [1.82, 2.24) is 0 Å². The predicted molar refractivity (Wildman–Crippen MR) is 120 cm³/mol. The van der Waals surface area contributed by atoms with E-state index in [-0.39, 0.29) is 11.2 Å². The monoisotopic (exact) mass is 394 g/mol. The smallest absolute Gasteiger partial charge is 0.269 e. The number of hydrogen-bond acceptors (Lipinski definition) is 5. The topological polar surface area (TPSA) is 70.8 Å². The standard InChI is InChI=1S/C23H30N4O2/c1-15(2)26-22-11-16(3)18(12-21(22)17(4)13-23(26,5)6)14-24-25-19-7-9-20(10-8-19)27(28)29/h7-12,14-15,17,25H,13H2,1-6H3/b24-14-/t17-/m0/s1. The van der Waals surface area contributed by atoms with Crippen LogP contribution in [0.15, 0.2) is 41.5 Å². The molecule has 0 spiro atoms. The number of fused-ring (bicyclic) bond motifs is 1. The third-order valence-corrected chi connectivity index (χ3v) is 5.66. The number of nitrogens with zero attached hydrogens (tertiary/aromatic N) is 3. The summed E-state index contributed by atoms with van der Waals surface area (Å²) in [5.74, 6) is 0.477. The quantitative estimate of drug-likeness (QED) is 0.392. The Bertz CT molecular complexity index is 933. The summed E-state index contributed by atoms with van der Waals surface area (Å²) in [6.45, 7) is 13.6. The van der Waals surface area contributed by atoms with E-state index in [4.69, 9.17) is 0 Å². The van der Waals surface area contributed by atoms with Gasteiger partial charge in [0.1, 0.15) is 0 Å². The van der Waals surface area contributed by atoms with E-state index in [1.807, 2.05) is 6.21 Å². The minimum Gasteiger partial charge on any atom is -0.364 e. The Hall–Kier alpha value is -2.89. The highest BCUT2D eigenvalue weighted by atomic mass is 16.6. The summed E-state index contributed by atoms with van der Waals surface area (Å²) in [5.41, 5.74) is 8.79. The van der Waals surface area contributed by atoms with Gasteiger partial charge in [0, 0.05) is 29.4 Å². The summed E-state index contributed by atoms with van der Waals surface area (Å²) in [7, 11) is 0. The number of hydrazone groups is 1. The van der Waals surface area contributed by atoms with Gasteiger partial charge in [0.15, 0.2) is 0 Å². The van der Waals surface area contributed by atoms with Crippen molar-refractivity contribution in [3.05, 3.63) is 63.2 Å². The maximum absolute atomic E-state index is 10.8. The van der Waals surface area contributed by atoms with E-state index in [1.165, 1.54) is 28.9 Å². The minimum absolute atomic E-state index is 0.0664. The Balaban J connectivity index is 1.85. The van der Waals surface area contributed by atoms with Gasteiger partial charge in [0.2, 0.25) is 0 Å². The van der Waals surface area contributed by atoms with Gasteiger partial charge in [0.25, 0.3) is 5.69 Å². The zero-order valence-electron chi connectivity index (χ0n) is 18.1. The van der Waals surface area contributed by atoms with E-state index in [0.29, 0.717) is 17.6 Å². The second-order valence-electron chi connectivity index (χ2n) is 8.82. The lowest BCUT2D eigenvalue weighted by molar-refractivity contribution is -0.384. The van der Waals surface area contributed by atoms with Crippen LogP contribution in [0.5, 0.6) is 0 Å². The molecule has 2 aromatic rings. The van der Waals surface area contributed by atoms with Crippen LogP contribution in [0.25, 0.3) is 0 Å². The summed E-state index contributed by atoms with van der Waals surface area (Å²) in [4.78, 5) is 12.9. The van der Waals surface area contributed by atoms with Gasteiger partial charge in [-0.1, -0.05) is 6.92 Å². The first kappa shape index (κ1) is 20.8. The number of nitro benzene ring substituents is 1. The minimum atomic E-state index is -0.410. The largest absolute Gasteiger partial charge is 0.364 e. The molecule has 154 valence electrons. The molecule has 6 heteroatoms. The van der Waals surface area contributed by atoms with Crippen molar-refractivity contribution in [2.75, 3.05) is 10.3 Å². The summed E-state index contributed by atoms with van der Waals surface area (Å²) in [6.07, 6.45) is 2.93. The highest BCUT2D eigenvalue weighted by molar-refractivity contribution is 5.84. The molecule has 0 aromatic heterocycles. The second kappa shape index (κ2) is 7.85. The lowest BCUT2D eigenvalue weighted by atomic mass is 9.78. The molecule has 1 aliphatic rings.